The summed E-state index contributed by atoms with van der Waals surface area (Å²) in [6, 6.07) is 0. The molecule has 0 spiro atoms. The van der Waals surface area contributed by atoms with Gasteiger partial charge in [-0.15, -0.1) is 0 Å². The molecule has 14 heavy (non-hydrogen) atoms. The van der Waals surface area contributed by atoms with Gasteiger partial charge in [0.15, 0.2) is 5.82 Å². The molecule has 1 aromatic rings. The van der Waals surface area contributed by atoms with Gasteiger partial charge < -0.3 is 15.0 Å². The molecule has 0 saturated carbocycles. The van der Waals surface area contributed by atoms with Gasteiger partial charge in [-0.1, -0.05) is 5.16 Å². The zero-order valence-electron chi connectivity index (χ0n) is 8.02. The molecule has 78 valence electrons. The molecule has 0 atom stereocenters. The second kappa shape index (κ2) is 5.33. The predicted octanol–water partition coefficient (Wildman–Crippen LogP) is -0.324. The van der Waals surface area contributed by atoms with E-state index >= 15 is 0 Å². The Kier molecular flexibility index (Phi) is 4.06. The van der Waals surface area contributed by atoms with Crippen molar-refractivity contribution in [1.29, 1.82) is 0 Å². The van der Waals surface area contributed by atoms with Crippen molar-refractivity contribution in [3.63, 3.8) is 0 Å². The smallest absolute Gasteiger partial charge is 0.315 e. The average molecular weight is 199 g/mol. The molecular weight excluding hydrogens is 186 g/mol. The number of carbonyl (C=O) groups excluding carboxylic acids is 1. The van der Waals surface area contributed by atoms with Crippen molar-refractivity contribution < 1.29 is 14.1 Å². The normalized spacial score (nSPS) is 10.1. The van der Waals surface area contributed by atoms with Crippen LogP contribution in [0.4, 0.5) is 0 Å². The largest absolute Gasteiger partial charge is 0.466 e. The zero-order valence-corrected chi connectivity index (χ0v) is 8.02. The van der Waals surface area contributed by atoms with Gasteiger partial charge in [-0.05, 0) is 13.5 Å². The number of nitrogens with two attached hydrogens (primary N) is 1. The summed E-state index contributed by atoms with van der Waals surface area (Å²) in [5, 5.41) is 3.65. The first-order valence-electron chi connectivity index (χ1n) is 4.43. The molecule has 0 aromatic carbocycles. The molecule has 0 aliphatic carbocycles. The topological polar surface area (TPSA) is 91.2 Å². The van der Waals surface area contributed by atoms with Crippen LogP contribution < -0.4 is 5.73 Å². The highest BCUT2D eigenvalue weighted by atomic mass is 16.5. The second-order valence-corrected chi connectivity index (χ2v) is 2.62. The summed E-state index contributed by atoms with van der Waals surface area (Å²) in [6.07, 6.45) is 0.567. The van der Waals surface area contributed by atoms with Gasteiger partial charge in [-0.25, -0.2) is 0 Å². The lowest BCUT2D eigenvalue weighted by Gasteiger charge is -1.96. The first kappa shape index (κ1) is 10.6. The van der Waals surface area contributed by atoms with E-state index in [1.807, 2.05) is 0 Å². The van der Waals surface area contributed by atoms with Crippen LogP contribution >= 0.6 is 0 Å². The quantitative estimate of drug-likeness (QED) is 0.653. The van der Waals surface area contributed by atoms with E-state index in [-0.39, 0.29) is 18.3 Å². The van der Waals surface area contributed by atoms with Gasteiger partial charge in [0.2, 0.25) is 5.89 Å². The molecule has 0 amide bonds. The summed E-state index contributed by atoms with van der Waals surface area (Å²) in [6.45, 7) is 2.55. The van der Waals surface area contributed by atoms with Crippen molar-refractivity contribution >= 4 is 5.97 Å². The third kappa shape index (κ3) is 3.14. The van der Waals surface area contributed by atoms with Crippen LogP contribution in [0.1, 0.15) is 18.6 Å². The number of hydrogen-bond acceptors (Lipinski definition) is 6. The molecular formula is C8H13N3O3. The molecule has 0 bridgehead atoms. The highest BCUT2D eigenvalue weighted by molar-refractivity contribution is 5.71. The lowest BCUT2D eigenvalue weighted by atomic mass is 10.4. The van der Waals surface area contributed by atoms with Crippen LogP contribution in [0, 0.1) is 0 Å². The van der Waals surface area contributed by atoms with E-state index < -0.39 is 0 Å². The minimum absolute atomic E-state index is 0.0193. The summed E-state index contributed by atoms with van der Waals surface area (Å²) in [4.78, 5) is 15.0. The molecule has 6 nitrogen and oxygen atoms in total. The standard InChI is InChI=1S/C8H13N3O3/c1-2-13-8(12)5-7-10-6(3-4-9)11-14-7/h2-5,9H2,1H3. The summed E-state index contributed by atoms with van der Waals surface area (Å²) >= 11 is 0. The fraction of sp³-hybridized carbons (Fsp3) is 0.625. The number of ether oxygens (including phenoxy) is 1. The maximum absolute atomic E-state index is 11.0. The van der Waals surface area contributed by atoms with Crippen molar-refractivity contribution in [2.75, 3.05) is 13.2 Å². The monoisotopic (exact) mass is 199 g/mol. The Morgan fingerprint density at radius 1 is 1.64 bits per heavy atom. The van der Waals surface area contributed by atoms with Gasteiger partial charge in [-0.2, -0.15) is 4.98 Å². The van der Waals surface area contributed by atoms with Gasteiger partial charge in [0.05, 0.1) is 6.61 Å². The molecule has 1 aromatic heterocycles. The third-order valence-electron chi connectivity index (χ3n) is 1.48. The Morgan fingerprint density at radius 3 is 3.07 bits per heavy atom. The summed E-state index contributed by atoms with van der Waals surface area (Å²) in [5.74, 6) is 0.425. The van der Waals surface area contributed by atoms with Crippen LogP contribution in [0.25, 0.3) is 0 Å². The number of hydrogen-bond donors (Lipinski definition) is 1. The predicted molar refractivity (Wildman–Crippen MR) is 47.4 cm³/mol. The summed E-state index contributed by atoms with van der Waals surface area (Å²) in [7, 11) is 0. The Labute approximate surface area is 81.4 Å². The SMILES string of the molecule is CCOC(=O)Cc1nc(CCN)no1. The number of nitrogens with zero attached hydrogens (tertiary/aromatic N) is 2. The Bertz CT molecular complexity index is 298. The minimum atomic E-state index is -0.365. The van der Waals surface area contributed by atoms with E-state index in [0.717, 1.165) is 0 Å². The Morgan fingerprint density at radius 2 is 2.43 bits per heavy atom. The lowest BCUT2D eigenvalue weighted by Crippen LogP contribution is -2.08. The van der Waals surface area contributed by atoms with Crippen molar-refractivity contribution in [1.82, 2.24) is 10.1 Å². The second-order valence-electron chi connectivity index (χ2n) is 2.62. The molecule has 0 unspecified atom stereocenters. The van der Waals surface area contributed by atoms with Crippen LogP contribution in [-0.2, 0) is 22.4 Å². The van der Waals surface area contributed by atoms with E-state index in [1.54, 1.807) is 6.92 Å². The van der Waals surface area contributed by atoms with Crippen molar-refractivity contribution in [2.24, 2.45) is 5.73 Å². The van der Waals surface area contributed by atoms with Gasteiger partial charge in [0, 0.05) is 6.42 Å². The van der Waals surface area contributed by atoms with Crippen LogP contribution in [0.3, 0.4) is 0 Å². The van der Waals surface area contributed by atoms with Gasteiger partial charge in [-0.3, -0.25) is 4.79 Å². The molecule has 1 heterocycles. The van der Waals surface area contributed by atoms with E-state index in [1.165, 1.54) is 0 Å². The Balaban J connectivity index is 2.46. The molecule has 0 fully saturated rings. The van der Waals surface area contributed by atoms with Crippen molar-refractivity contribution in [3.05, 3.63) is 11.7 Å². The van der Waals surface area contributed by atoms with Crippen LogP contribution in [0.15, 0.2) is 4.52 Å². The maximum atomic E-state index is 11.0. The van der Waals surface area contributed by atoms with Crippen LogP contribution in [0.5, 0.6) is 0 Å². The van der Waals surface area contributed by atoms with E-state index in [4.69, 9.17) is 15.0 Å². The lowest BCUT2D eigenvalue weighted by molar-refractivity contribution is -0.142. The van der Waals surface area contributed by atoms with Crippen molar-refractivity contribution in [3.8, 4) is 0 Å². The molecule has 1 rings (SSSR count). The zero-order chi connectivity index (χ0) is 10.4. The van der Waals surface area contributed by atoms with E-state index in [9.17, 15) is 4.79 Å². The number of rotatable bonds is 5. The summed E-state index contributed by atoms with van der Waals surface area (Å²) < 4.78 is 9.54. The first-order chi connectivity index (χ1) is 6.76. The third-order valence-corrected chi connectivity index (χ3v) is 1.48. The van der Waals surface area contributed by atoms with E-state index in [0.29, 0.717) is 25.4 Å². The van der Waals surface area contributed by atoms with Gasteiger partial charge in [0.25, 0.3) is 0 Å². The highest BCUT2D eigenvalue weighted by Gasteiger charge is 2.11. The van der Waals surface area contributed by atoms with Crippen molar-refractivity contribution in [2.45, 2.75) is 19.8 Å². The molecule has 0 aliphatic heterocycles. The molecule has 0 radical (unpaired) electrons. The fourth-order valence-electron chi connectivity index (χ4n) is 0.928. The maximum Gasteiger partial charge on any atom is 0.315 e. The molecule has 0 aliphatic rings. The van der Waals surface area contributed by atoms with Gasteiger partial charge in [0.1, 0.15) is 6.42 Å². The fourth-order valence-corrected chi connectivity index (χ4v) is 0.928. The Hall–Kier alpha value is -1.43. The average Bonchev–Trinajstić information content (AvgIpc) is 2.53. The number of aromatic nitrogens is 2. The number of carbonyl (C=O) groups is 1. The van der Waals surface area contributed by atoms with Crippen LogP contribution in [0.2, 0.25) is 0 Å². The molecule has 0 saturated heterocycles. The van der Waals surface area contributed by atoms with Crippen LogP contribution in [-0.4, -0.2) is 29.3 Å². The van der Waals surface area contributed by atoms with E-state index in [2.05, 4.69) is 10.1 Å². The van der Waals surface area contributed by atoms with Gasteiger partial charge >= 0.3 is 5.97 Å². The number of esters is 1. The first-order valence-corrected chi connectivity index (χ1v) is 4.43. The minimum Gasteiger partial charge on any atom is -0.466 e. The molecule has 6 heteroatoms. The highest BCUT2D eigenvalue weighted by Crippen LogP contribution is 1.99. The molecule has 2 N–H and O–H groups in total. The summed E-state index contributed by atoms with van der Waals surface area (Å²) in [5.41, 5.74) is 5.31.